The maximum Gasteiger partial charge on any atom is 0.150 e. The van der Waals surface area contributed by atoms with Crippen molar-refractivity contribution < 1.29 is 22.7 Å². The Morgan fingerprint density at radius 2 is 1.83 bits per heavy atom. The molecular weight excluding hydrogens is 379 g/mol. The van der Waals surface area contributed by atoms with Crippen molar-refractivity contribution in [3.05, 3.63) is 59.4 Å². The van der Waals surface area contributed by atoms with Crippen LogP contribution in [0.1, 0.15) is 37.2 Å². The molecule has 0 amide bonds. The Bertz CT molecular complexity index is 1040. The lowest BCUT2D eigenvalue weighted by atomic mass is 9.68. The van der Waals surface area contributed by atoms with Gasteiger partial charge in [-0.05, 0) is 66.1 Å². The Morgan fingerprint density at radius 1 is 1.10 bits per heavy atom. The number of fused-ring (bicyclic) bond motifs is 1. The zero-order chi connectivity index (χ0) is 20.5. The predicted molar refractivity (Wildman–Crippen MR) is 105 cm³/mol. The van der Waals surface area contributed by atoms with Gasteiger partial charge in [0.15, 0.2) is 0 Å². The number of hydrogen-bond donors (Lipinski definition) is 1. The minimum Gasteiger partial charge on any atom is -0.384 e. The van der Waals surface area contributed by atoms with Gasteiger partial charge in [0, 0.05) is 31.4 Å². The second-order valence-electron chi connectivity index (χ2n) is 7.75. The van der Waals surface area contributed by atoms with Gasteiger partial charge < -0.3 is 9.72 Å². The van der Waals surface area contributed by atoms with Crippen molar-refractivity contribution in [3.63, 3.8) is 0 Å². The quantitative estimate of drug-likeness (QED) is 0.548. The highest BCUT2D eigenvalue weighted by Crippen LogP contribution is 2.49. The van der Waals surface area contributed by atoms with Gasteiger partial charge in [0.25, 0.3) is 0 Å². The van der Waals surface area contributed by atoms with Gasteiger partial charge >= 0.3 is 0 Å². The number of carbonyl (C=O) groups is 1. The third-order valence-corrected chi connectivity index (χ3v) is 5.74. The van der Waals surface area contributed by atoms with E-state index in [2.05, 4.69) is 4.98 Å². The van der Waals surface area contributed by atoms with Crippen LogP contribution in [0, 0.1) is 23.4 Å². The molecule has 1 fully saturated rings. The van der Waals surface area contributed by atoms with E-state index >= 15 is 0 Å². The van der Waals surface area contributed by atoms with Gasteiger partial charge in [-0.2, -0.15) is 0 Å². The Kier molecular flexibility index (Phi) is 5.46. The lowest BCUT2D eigenvalue weighted by Gasteiger charge is -2.36. The number of halogens is 3. The first-order chi connectivity index (χ1) is 14.0. The minimum atomic E-state index is -0.653. The molecule has 3 aromatic rings. The topological polar surface area (TPSA) is 42.1 Å². The fraction of sp³-hybridized carbons (Fsp3) is 0.348. The van der Waals surface area contributed by atoms with E-state index in [0.717, 1.165) is 30.0 Å². The van der Waals surface area contributed by atoms with Crippen LogP contribution in [0.25, 0.3) is 22.2 Å². The molecule has 0 atom stereocenters. The van der Waals surface area contributed by atoms with E-state index in [1.807, 2.05) is 0 Å². The van der Waals surface area contributed by atoms with Crippen molar-refractivity contribution in [2.24, 2.45) is 5.92 Å². The number of H-pyrrole nitrogens is 1. The summed E-state index contributed by atoms with van der Waals surface area (Å²) in [5, 5.41) is 0.510. The first kappa shape index (κ1) is 19.7. The maximum absolute atomic E-state index is 14.4. The van der Waals surface area contributed by atoms with E-state index in [4.69, 9.17) is 4.74 Å². The zero-order valence-corrected chi connectivity index (χ0v) is 16.1. The molecule has 6 heteroatoms. The second-order valence-corrected chi connectivity index (χ2v) is 7.75. The molecule has 0 radical (unpaired) electrons. The van der Waals surface area contributed by atoms with Crippen LogP contribution in [0.2, 0.25) is 0 Å². The maximum atomic E-state index is 14.4. The molecule has 0 saturated heterocycles. The number of rotatable bonds is 7. The van der Waals surface area contributed by atoms with E-state index in [-0.39, 0.29) is 29.0 Å². The van der Waals surface area contributed by atoms with Crippen molar-refractivity contribution in [3.8, 4) is 11.3 Å². The number of methoxy groups -OCH3 is 1. The van der Waals surface area contributed by atoms with E-state index < -0.39 is 11.6 Å². The number of carbonyl (C=O) groups excluding carboxylic acids is 1. The highest BCUT2D eigenvalue weighted by atomic mass is 19.1. The molecule has 0 unspecified atom stereocenters. The third kappa shape index (κ3) is 3.94. The highest BCUT2D eigenvalue weighted by molar-refractivity contribution is 5.92. The van der Waals surface area contributed by atoms with Crippen molar-refractivity contribution in [1.82, 2.24) is 4.98 Å². The van der Waals surface area contributed by atoms with Gasteiger partial charge in [-0.1, -0.05) is 0 Å². The van der Waals surface area contributed by atoms with Crippen LogP contribution in [0.3, 0.4) is 0 Å². The summed E-state index contributed by atoms with van der Waals surface area (Å²) < 4.78 is 46.6. The van der Waals surface area contributed by atoms with E-state index in [1.54, 1.807) is 19.2 Å². The average Bonchev–Trinajstić information content (AvgIpc) is 3.02. The van der Waals surface area contributed by atoms with E-state index in [0.29, 0.717) is 30.5 Å². The van der Waals surface area contributed by atoms with Crippen LogP contribution in [0.5, 0.6) is 0 Å². The number of aromatic nitrogens is 1. The van der Waals surface area contributed by atoms with Gasteiger partial charge in [-0.3, -0.25) is 4.79 Å². The minimum absolute atomic E-state index is 0.0882. The molecule has 0 bridgehead atoms. The summed E-state index contributed by atoms with van der Waals surface area (Å²) in [5.74, 6) is -1.13. The molecule has 29 heavy (non-hydrogen) atoms. The standard InChI is InChI=1S/C23H22F3NO2/c1-29-7-6-18(28)10-13-8-15(9-13)21-19-11-17(25)12-20(26)23(19)27-22(21)14-2-4-16(24)5-3-14/h2-5,11-13,15,27H,6-10H2,1H3. The Morgan fingerprint density at radius 3 is 2.52 bits per heavy atom. The summed E-state index contributed by atoms with van der Waals surface area (Å²) in [7, 11) is 1.57. The third-order valence-electron chi connectivity index (χ3n) is 5.74. The number of hydrogen-bond acceptors (Lipinski definition) is 2. The number of aromatic amines is 1. The summed E-state index contributed by atoms with van der Waals surface area (Å²) in [6.07, 6.45) is 2.45. The van der Waals surface area contributed by atoms with Gasteiger partial charge in [-0.15, -0.1) is 0 Å². The second kappa shape index (κ2) is 8.03. The molecule has 152 valence electrons. The summed E-state index contributed by atoms with van der Waals surface area (Å²) in [6, 6.07) is 8.15. The van der Waals surface area contributed by atoms with Gasteiger partial charge in [0.2, 0.25) is 0 Å². The van der Waals surface area contributed by atoms with Crippen LogP contribution in [-0.2, 0) is 9.53 Å². The fourth-order valence-corrected chi connectivity index (χ4v) is 4.29. The SMILES string of the molecule is COCCC(=O)CC1CC(c2c(-c3ccc(F)cc3)[nH]c3c(F)cc(F)cc23)C1. The normalized spacial score (nSPS) is 18.8. The molecule has 2 aromatic carbocycles. The first-order valence-corrected chi connectivity index (χ1v) is 9.73. The highest BCUT2D eigenvalue weighted by Gasteiger charge is 2.35. The Balaban J connectivity index is 1.65. The summed E-state index contributed by atoms with van der Waals surface area (Å²) >= 11 is 0. The van der Waals surface area contributed by atoms with Crippen LogP contribution in [0.4, 0.5) is 13.2 Å². The summed E-state index contributed by atoms with van der Waals surface area (Å²) in [6.45, 7) is 0.421. The van der Waals surface area contributed by atoms with Crippen LogP contribution >= 0.6 is 0 Å². The summed E-state index contributed by atoms with van der Waals surface area (Å²) in [4.78, 5) is 15.1. The van der Waals surface area contributed by atoms with Crippen molar-refractivity contribution in [1.29, 1.82) is 0 Å². The van der Waals surface area contributed by atoms with E-state index in [1.165, 1.54) is 18.2 Å². The number of nitrogens with one attached hydrogen (secondary N) is 1. The molecule has 0 aliphatic heterocycles. The molecule has 3 nitrogen and oxygen atoms in total. The van der Waals surface area contributed by atoms with Crippen molar-refractivity contribution in [2.75, 3.05) is 13.7 Å². The fourth-order valence-electron chi connectivity index (χ4n) is 4.29. The number of ketones is 1. The molecular formula is C23H22F3NO2. The molecule has 1 aromatic heterocycles. The number of benzene rings is 2. The molecule has 1 aliphatic carbocycles. The van der Waals surface area contributed by atoms with Crippen LogP contribution < -0.4 is 0 Å². The van der Waals surface area contributed by atoms with E-state index in [9.17, 15) is 18.0 Å². The predicted octanol–water partition coefficient (Wildman–Crippen LogP) is 5.74. The largest absolute Gasteiger partial charge is 0.384 e. The molecule has 1 heterocycles. The van der Waals surface area contributed by atoms with Gasteiger partial charge in [0.05, 0.1) is 17.8 Å². The first-order valence-electron chi connectivity index (χ1n) is 9.73. The van der Waals surface area contributed by atoms with Crippen molar-refractivity contribution >= 4 is 16.7 Å². The van der Waals surface area contributed by atoms with Crippen LogP contribution in [-0.4, -0.2) is 24.5 Å². The number of ether oxygens (including phenoxy) is 1. The lowest BCUT2D eigenvalue weighted by molar-refractivity contribution is -0.121. The van der Waals surface area contributed by atoms with Gasteiger partial charge in [0.1, 0.15) is 23.2 Å². The summed E-state index contributed by atoms with van der Waals surface area (Å²) in [5.41, 5.74) is 2.49. The lowest BCUT2D eigenvalue weighted by Crippen LogP contribution is -2.25. The Hall–Kier alpha value is -2.60. The molecule has 0 spiro atoms. The number of Topliss-reactive ketones (excluding diaryl/α,β-unsaturated/α-hetero) is 1. The zero-order valence-electron chi connectivity index (χ0n) is 16.1. The van der Waals surface area contributed by atoms with Crippen LogP contribution in [0.15, 0.2) is 36.4 Å². The average molecular weight is 401 g/mol. The monoisotopic (exact) mass is 401 g/mol. The molecule has 1 aliphatic rings. The molecule has 1 N–H and O–H groups in total. The molecule has 4 rings (SSSR count). The Labute approximate surface area is 166 Å². The van der Waals surface area contributed by atoms with Gasteiger partial charge in [-0.25, -0.2) is 13.2 Å². The molecule has 1 saturated carbocycles. The van der Waals surface area contributed by atoms with Crippen molar-refractivity contribution in [2.45, 2.75) is 31.6 Å². The smallest absolute Gasteiger partial charge is 0.150 e.